The van der Waals surface area contributed by atoms with Crippen molar-refractivity contribution in [3.05, 3.63) is 62.7 Å². The molecule has 188 valence electrons. The van der Waals surface area contributed by atoms with Crippen molar-refractivity contribution in [1.82, 2.24) is 0 Å². The number of nitro groups is 1. The number of aliphatic hydroxyl groups excluding tert-OH is 1. The van der Waals surface area contributed by atoms with Gasteiger partial charge in [0, 0.05) is 49.0 Å². The van der Waals surface area contributed by atoms with E-state index in [1.165, 1.54) is 32.4 Å². The molecule has 2 aliphatic rings. The maximum atomic E-state index is 13.1. The predicted octanol–water partition coefficient (Wildman–Crippen LogP) is 3.41. The lowest BCUT2D eigenvalue weighted by Crippen LogP contribution is -2.63. The first-order valence-corrected chi connectivity index (χ1v) is 11.5. The van der Waals surface area contributed by atoms with Gasteiger partial charge in [0.25, 0.3) is 5.69 Å². The molecule has 0 radical (unpaired) electrons. The third kappa shape index (κ3) is 4.20. The van der Waals surface area contributed by atoms with E-state index in [0.717, 1.165) is 5.56 Å². The quantitative estimate of drug-likeness (QED) is 0.260. The molecule has 4 atom stereocenters. The number of halogens is 1. The Labute approximate surface area is 207 Å². The Hall–Kier alpha value is -2.92. The molecule has 2 aromatic rings. The number of hydrogen-bond acceptors (Lipinski definition) is 9. The number of fused-ring (bicyclic) bond motifs is 2. The van der Waals surface area contributed by atoms with E-state index in [1.807, 2.05) is 0 Å². The summed E-state index contributed by atoms with van der Waals surface area (Å²) in [5.41, 5.74) is 0.201. The number of aliphatic hydroxyl groups is 1. The average Bonchev–Trinajstić information content (AvgIpc) is 3.18. The van der Waals surface area contributed by atoms with Crippen LogP contribution in [0, 0.1) is 10.1 Å². The van der Waals surface area contributed by atoms with Crippen LogP contribution in [0.4, 0.5) is 11.4 Å². The van der Waals surface area contributed by atoms with Gasteiger partial charge < -0.3 is 29.0 Å². The first-order valence-electron chi connectivity index (χ1n) is 11.1. The van der Waals surface area contributed by atoms with Gasteiger partial charge in [0.2, 0.25) is 0 Å². The molecule has 0 spiro atoms. The first kappa shape index (κ1) is 25.2. The first-order chi connectivity index (χ1) is 16.7. The highest BCUT2D eigenvalue weighted by Crippen LogP contribution is 2.50. The van der Waals surface area contributed by atoms with Crippen LogP contribution >= 0.6 is 11.6 Å². The number of rotatable bonds is 7. The lowest BCUT2D eigenvalue weighted by atomic mass is 9.83. The summed E-state index contributed by atoms with van der Waals surface area (Å²) >= 11 is 6.22. The second kappa shape index (κ2) is 9.62. The molecule has 4 rings (SSSR count). The summed E-state index contributed by atoms with van der Waals surface area (Å²) in [6.07, 6.45) is -2.03. The van der Waals surface area contributed by atoms with E-state index >= 15 is 0 Å². The number of nitro benzene ring substituents is 1. The maximum absolute atomic E-state index is 13.1. The molecule has 0 unspecified atom stereocenters. The topological polar surface area (TPSA) is 121 Å². The van der Waals surface area contributed by atoms with Crippen LogP contribution in [-0.4, -0.2) is 60.9 Å². The summed E-state index contributed by atoms with van der Waals surface area (Å²) in [4.78, 5) is 25.9. The van der Waals surface area contributed by atoms with Crippen molar-refractivity contribution in [3.63, 3.8) is 0 Å². The van der Waals surface area contributed by atoms with Crippen LogP contribution in [0.3, 0.4) is 0 Å². The number of anilines is 1. The Morgan fingerprint density at radius 2 is 2.03 bits per heavy atom. The van der Waals surface area contributed by atoms with Gasteiger partial charge in [-0.15, -0.1) is 0 Å². The minimum absolute atomic E-state index is 0.172. The summed E-state index contributed by atoms with van der Waals surface area (Å²) < 4.78 is 22.4. The smallest absolute Gasteiger partial charge is 0.329 e. The van der Waals surface area contributed by atoms with Crippen molar-refractivity contribution in [2.75, 3.05) is 25.7 Å². The zero-order valence-electron chi connectivity index (χ0n) is 19.8. The zero-order valence-corrected chi connectivity index (χ0v) is 20.5. The van der Waals surface area contributed by atoms with Gasteiger partial charge >= 0.3 is 5.97 Å². The zero-order chi connectivity index (χ0) is 25.5. The van der Waals surface area contributed by atoms with Crippen LogP contribution in [0.1, 0.15) is 31.0 Å². The molecule has 2 heterocycles. The molecular weight excluding hydrogens is 480 g/mol. The number of hydrogen-bond donors (Lipinski definition) is 1. The standard InChI is InChI=1S/C24H27ClN2O8/c1-5-34-22(29)18-11-13-10-14(25)6-8-17(13)26(18)20-16-12-15(27(30)31)7-9-19(16)35-24(2,21(20)28)23(32-3)33-4/h6-10,12,18,20-21,23,28H,5,11H2,1-4H3/t18-,20-,21+,24+/m1/s1. The number of non-ortho nitro benzene ring substituents is 1. The van der Waals surface area contributed by atoms with Gasteiger partial charge in [-0.2, -0.15) is 0 Å². The lowest BCUT2D eigenvalue weighted by molar-refractivity contribution is -0.385. The third-order valence-corrected chi connectivity index (χ3v) is 6.80. The van der Waals surface area contributed by atoms with E-state index in [-0.39, 0.29) is 18.7 Å². The molecule has 0 saturated heterocycles. The number of methoxy groups -OCH3 is 2. The maximum Gasteiger partial charge on any atom is 0.329 e. The van der Waals surface area contributed by atoms with Gasteiger partial charge in [0.05, 0.1) is 17.6 Å². The molecule has 11 heteroatoms. The van der Waals surface area contributed by atoms with Crippen LogP contribution in [0.5, 0.6) is 5.75 Å². The minimum atomic E-state index is -1.42. The highest BCUT2D eigenvalue weighted by Gasteiger charge is 2.56. The van der Waals surface area contributed by atoms with Crippen LogP contribution in [-0.2, 0) is 25.4 Å². The normalized spacial score (nSPS) is 25.1. The molecule has 0 aliphatic carbocycles. The van der Waals surface area contributed by atoms with Crippen molar-refractivity contribution < 1.29 is 33.8 Å². The van der Waals surface area contributed by atoms with Gasteiger partial charge in [0.1, 0.15) is 17.9 Å². The highest BCUT2D eigenvalue weighted by atomic mass is 35.5. The molecule has 10 nitrogen and oxygen atoms in total. The Morgan fingerprint density at radius 1 is 1.31 bits per heavy atom. The van der Waals surface area contributed by atoms with Crippen LogP contribution in [0.2, 0.25) is 5.02 Å². The van der Waals surface area contributed by atoms with Gasteiger partial charge in [-0.05, 0) is 43.7 Å². The van der Waals surface area contributed by atoms with E-state index in [4.69, 9.17) is 30.5 Å². The molecule has 0 amide bonds. The van der Waals surface area contributed by atoms with E-state index in [2.05, 4.69) is 0 Å². The SMILES string of the molecule is CCOC(=O)[C@H]1Cc2cc(Cl)ccc2N1[C@@H]1c2cc([N+](=O)[O-])ccc2O[C@](C)(C(OC)OC)[C@H]1O. The van der Waals surface area contributed by atoms with Crippen molar-refractivity contribution in [3.8, 4) is 5.75 Å². The van der Waals surface area contributed by atoms with Gasteiger partial charge in [-0.1, -0.05) is 11.6 Å². The van der Waals surface area contributed by atoms with E-state index in [0.29, 0.717) is 22.0 Å². The highest BCUT2D eigenvalue weighted by molar-refractivity contribution is 6.30. The Kier molecular flexibility index (Phi) is 6.92. The van der Waals surface area contributed by atoms with Gasteiger partial charge in [-0.3, -0.25) is 10.1 Å². The molecule has 35 heavy (non-hydrogen) atoms. The average molecular weight is 507 g/mol. The summed E-state index contributed by atoms with van der Waals surface area (Å²) in [7, 11) is 2.84. The molecule has 1 N–H and O–H groups in total. The van der Waals surface area contributed by atoms with Crippen molar-refractivity contribution in [2.45, 2.75) is 50.3 Å². The Balaban J connectivity index is 1.95. The second-order valence-corrected chi connectivity index (χ2v) is 9.05. The molecule has 0 aromatic heterocycles. The largest absolute Gasteiger partial charge is 0.479 e. The summed E-state index contributed by atoms with van der Waals surface area (Å²) in [6.45, 7) is 3.51. The number of nitrogens with zero attached hydrogens (tertiary/aromatic N) is 2. The third-order valence-electron chi connectivity index (χ3n) is 6.56. The van der Waals surface area contributed by atoms with E-state index in [1.54, 1.807) is 36.9 Å². The lowest BCUT2D eigenvalue weighted by Gasteiger charge is -2.50. The number of carbonyl (C=O) groups is 1. The predicted molar refractivity (Wildman–Crippen MR) is 127 cm³/mol. The number of esters is 1. The number of ether oxygens (including phenoxy) is 4. The second-order valence-electron chi connectivity index (χ2n) is 8.61. The summed E-state index contributed by atoms with van der Waals surface area (Å²) in [6, 6.07) is 7.62. The molecule has 0 bridgehead atoms. The molecular formula is C24H27ClN2O8. The van der Waals surface area contributed by atoms with Crippen LogP contribution in [0.15, 0.2) is 36.4 Å². The molecule has 0 saturated carbocycles. The van der Waals surface area contributed by atoms with Gasteiger partial charge in [0.15, 0.2) is 11.9 Å². The summed E-state index contributed by atoms with van der Waals surface area (Å²) in [5, 5.41) is 23.9. The van der Waals surface area contributed by atoms with Crippen molar-refractivity contribution in [1.29, 1.82) is 0 Å². The minimum Gasteiger partial charge on any atom is -0.479 e. The number of carbonyl (C=O) groups excluding carboxylic acids is 1. The molecule has 2 aromatic carbocycles. The molecule has 0 fully saturated rings. The van der Waals surface area contributed by atoms with Crippen molar-refractivity contribution >= 4 is 28.9 Å². The Bertz CT molecular complexity index is 1140. The van der Waals surface area contributed by atoms with Crippen LogP contribution < -0.4 is 9.64 Å². The van der Waals surface area contributed by atoms with E-state index < -0.39 is 41.0 Å². The number of benzene rings is 2. The molecule has 2 aliphatic heterocycles. The fourth-order valence-corrected chi connectivity index (χ4v) is 5.23. The van der Waals surface area contributed by atoms with Gasteiger partial charge in [-0.25, -0.2) is 4.79 Å². The summed E-state index contributed by atoms with van der Waals surface area (Å²) in [5.74, 6) is -0.181. The fraction of sp³-hybridized carbons (Fsp3) is 0.458. The monoisotopic (exact) mass is 506 g/mol. The van der Waals surface area contributed by atoms with E-state index in [9.17, 15) is 20.0 Å². The van der Waals surface area contributed by atoms with Crippen molar-refractivity contribution in [2.24, 2.45) is 0 Å². The fourth-order valence-electron chi connectivity index (χ4n) is 5.03. The Morgan fingerprint density at radius 3 is 2.66 bits per heavy atom. The van der Waals surface area contributed by atoms with Crippen LogP contribution in [0.25, 0.3) is 0 Å².